The minimum atomic E-state index is 0.0964. The van der Waals surface area contributed by atoms with Gasteiger partial charge in [-0.2, -0.15) is 0 Å². The van der Waals surface area contributed by atoms with E-state index in [0.717, 1.165) is 23.1 Å². The number of aliphatic hydroxyl groups excluding tert-OH is 1. The molecular formula is C14H21BrN2O. The molecule has 2 rings (SSSR count). The van der Waals surface area contributed by atoms with Gasteiger partial charge in [-0.05, 0) is 60.6 Å². The molecular weight excluding hydrogens is 292 g/mol. The second kappa shape index (κ2) is 6.04. The van der Waals surface area contributed by atoms with E-state index >= 15 is 0 Å². The fourth-order valence-corrected chi connectivity index (χ4v) is 3.18. The first-order valence-corrected chi connectivity index (χ1v) is 7.21. The fourth-order valence-electron chi connectivity index (χ4n) is 2.50. The predicted octanol–water partition coefficient (Wildman–Crippen LogP) is 2.47. The maximum Gasteiger partial charge on any atom is 0.0682 e. The third-order valence-corrected chi connectivity index (χ3v) is 4.30. The van der Waals surface area contributed by atoms with E-state index in [0.29, 0.717) is 6.04 Å². The number of hydrogen-bond donors (Lipinski definition) is 1. The van der Waals surface area contributed by atoms with E-state index in [9.17, 15) is 0 Å². The lowest BCUT2D eigenvalue weighted by atomic mass is 10.0. The summed E-state index contributed by atoms with van der Waals surface area (Å²) < 4.78 is 1.08. The predicted molar refractivity (Wildman–Crippen MR) is 79.0 cm³/mol. The summed E-state index contributed by atoms with van der Waals surface area (Å²) in [5.41, 5.74) is 2.19. The van der Waals surface area contributed by atoms with Crippen molar-refractivity contribution in [2.24, 2.45) is 0 Å². The van der Waals surface area contributed by atoms with Crippen molar-refractivity contribution in [3.8, 4) is 0 Å². The van der Waals surface area contributed by atoms with Crippen LogP contribution in [0.2, 0.25) is 0 Å². The van der Waals surface area contributed by atoms with Crippen LogP contribution in [-0.4, -0.2) is 43.2 Å². The van der Waals surface area contributed by atoms with Crippen LogP contribution in [0.15, 0.2) is 22.7 Å². The lowest BCUT2D eigenvalue weighted by Crippen LogP contribution is -2.45. The van der Waals surface area contributed by atoms with Crippen molar-refractivity contribution in [1.29, 1.82) is 0 Å². The standard InChI is InChI=1S/C14H21BrN2O/c1-16(2)12-4-3-7-17(9-12)14-6-5-11(10-18)8-13(14)15/h5-6,8,12,18H,3-4,7,9-10H2,1-2H3. The van der Waals surface area contributed by atoms with Crippen LogP contribution < -0.4 is 4.90 Å². The van der Waals surface area contributed by atoms with E-state index in [4.69, 9.17) is 5.11 Å². The van der Waals surface area contributed by atoms with Crippen LogP contribution >= 0.6 is 15.9 Å². The maximum atomic E-state index is 9.14. The van der Waals surface area contributed by atoms with Gasteiger partial charge in [-0.1, -0.05) is 6.07 Å². The van der Waals surface area contributed by atoms with Gasteiger partial charge in [0.15, 0.2) is 0 Å². The van der Waals surface area contributed by atoms with Gasteiger partial charge in [-0.25, -0.2) is 0 Å². The van der Waals surface area contributed by atoms with E-state index < -0.39 is 0 Å². The number of piperidine rings is 1. The molecule has 0 spiro atoms. The molecule has 1 N–H and O–H groups in total. The van der Waals surface area contributed by atoms with E-state index in [1.54, 1.807) is 0 Å². The van der Waals surface area contributed by atoms with Gasteiger partial charge in [-0.3, -0.25) is 0 Å². The molecule has 1 atom stereocenters. The SMILES string of the molecule is CN(C)C1CCCN(c2ccc(CO)cc2Br)C1. The number of benzene rings is 1. The summed E-state index contributed by atoms with van der Waals surface area (Å²) in [4.78, 5) is 4.74. The maximum absolute atomic E-state index is 9.14. The summed E-state index contributed by atoms with van der Waals surface area (Å²) in [6.07, 6.45) is 2.51. The molecule has 3 nitrogen and oxygen atoms in total. The lowest BCUT2D eigenvalue weighted by Gasteiger charge is -2.38. The second-order valence-electron chi connectivity index (χ2n) is 5.15. The van der Waals surface area contributed by atoms with Crippen LogP contribution in [0, 0.1) is 0 Å². The van der Waals surface area contributed by atoms with Gasteiger partial charge in [0, 0.05) is 23.6 Å². The largest absolute Gasteiger partial charge is 0.392 e. The molecule has 1 unspecified atom stereocenters. The molecule has 1 fully saturated rings. The lowest BCUT2D eigenvalue weighted by molar-refractivity contribution is 0.258. The Bertz CT molecular complexity index is 409. The van der Waals surface area contributed by atoms with Crippen molar-refractivity contribution in [3.05, 3.63) is 28.2 Å². The highest BCUT2D eigenvalue weighted by Crippen LogP contribution is 2.30. The van der Waals surface area contributed by atoms with Crippen molar-refractivity contribution in [2.45, 2.75) is 25.5 Å². The topological polar surface area (TPSA) is 26.7 Å². The van der Waals surface area contributed by atoms with Gasteiger partial charge in [-0.15, -0.1) is 0 Å². The third kappa shape index (κ3) is 3.05. The summed E-state index contributed by atoms with van der Waals surface area (Å²) in [6, 6.07) is 6.74. The quantitative estimate of drug-likeness (QED) is 0.929. The number of likely N-dealkylation sites (N-methyl/N-ethyl adjacent to an activating group) is 1. The summed E-state index contributed by atoms with van der Waals surface area (Å²) in [5, 5.41) is 9.14. The summed E-state index contributed by atoms with van der Waals surface area (Å²) in [6.45, 7) is 2.28. The molecule has 1 heterocycles. The third-order valence-electron chi connectivity index (χ3n) is 3.66. The first-order valence-electron chi connectivity index (χ1n) is 6.42. The molecule has 1 aliphatic rings. The van der Waals surface area contributed by atoms with Crippen LogP contribution in [0.25, 0.3) is 0 Å². The molecule has 0 saturated carbocycles. The Labute approximate surface area is 118 Å². The van der Waals surface area contributed by atoms with Crippen molar-refractivity contribution in [2.75, 3.05) is 32.1 Å². The average molecular weight is 313 g/mol. The minimum Gasteiger partial charge on any atom is -0.392 e. The number of aliphatic hydroxyl groups is 1. The van der Waals surface area contributed by atoms with Crippen LogP contribution in [0.3, 0.4) is 0 Å². The molecule has 0 bridgehead atoms. The Morgan fingerprint density at radius 3 is 2.83 bits per heavy atom. The normalized spacial score (nSPS) is 20.5. The molecule has 4 heteroatoms. The number of rotatable bonds is 3. The molecule has 0 aromatic heterocycles. The summed E-state index contributed by atoms with van der Waals surface area (Å²) in [5.74, 6) is 0. The molecule has 18 heavy (non-hydrogen) atoms. The smallest absolute Gasteiger partial charge is 0.0682 e. The van der Waals surface area contributed by atoms with Crippen LogP contribution in [-0.2, 0) is 6.61 Å². The van der Waals surface area contributed by atoms with Gasteiger partial charge in [0.2, 0.25) is 0 Å². The first-order chi connectivity index (χ1) is 8.61. The summed E-state index contributed by atoms with van der Waals surface area (Å²) >= 11 is 3.61. The first kappa shape index (κ1) is 13.8. The summed E-state index contributed by atoms with van der Waals surface area (Å²) in [7, 11) is 4.30. The van der Waals surface area contributed by atoms with E-state index in [1.807, 2.05) is 12.1 Å². The van der Waals surface area contributed by atoms with E-state index in [2.05, 4.69) is 45.9 Å². The Morgan fingerprint density at radius 2 is 2.22 bits per heavy atom. The molecule has 1 aromatic rings. The molecule has 1 saturated heterocycles. The number of halogens is 1. The molecule has 0 aliphatic carbocycles. The highest BCUT2D eigenvalue weighted by atomic mass is 79.9. The van der Waals surface area contributed by atoms with E-state index in [-0.39, 0.29) is 6.61 Å². The Balaban J connectivity index is 2.15. The molecule has 0 amide bonds. The number of nitrogens with zero attached hydrogens (tertiary/aromatic N) is 2. The van der Waals surface area contributed by atoms with Crippen molar-refractivity contribution < 1.29 is 5.11 Å². The molecule has 1 aromatic carbocycles. The van der Waals surface area contributed by atoms with Gasteiger partial charge in [0.25, 0.3) is 0 Å². The van der Waals surface area contributed by atoms with Crippen molar-refractivity contribution >= 4 is 21.6 Å². The second-order valence-corrected chi connectivity index (χ2v) is 6.00. The Morgan fingerprint density at radius 1 is 1.44 bits per heavy atom. The van der Waals surface area contributed by atoms with Gasteiger partial charge < -0.3 is 14.9 Å². The zero-order valence-electron chi connectivity index (χ0n) is 11.1. The molecule has 1 aliphatic heterocycles. The molecule has 100 valence electrons. The van der Waals surface area contributed by atoms with Crippen molar-refractivity contribution in [3.63, 3.8) is 0 Å². The fraction of sp³-hybridized carbons (Fsp3) is 0.571. The minimum absolute atomic E-state index is 0.0964. The number of anilines is 1. The van der Waals surface area contributed by atoms with Crippen LogP contribution in [0.5, 0.6) is 0 Å². The zero-order valence-corrected chi connectivity index (χ0v) is 12.7. The average Bonchev–Trinajstić information content (AvgIpc) is 2.38. The van der Waals surface area contributed by atoms with Crippen molar-refractivity contribution in [1.82, 2.24) is 4.90 Å². The number of hydrogen-bond acceptors (Lipinski definition) is 3. The van der Waals surface area contributed by atoms with Crippen LogP contribution in [0.4, 0.5) is 5.69 Å². The van der Waals surface area contributed by atoms with Crippen LogP contribution in [0.1, 0.15) is 18.4 Å². The van der Waals surface area contributed by atoms with Gasteiger partial charge >= 0.3 is 0 Å². The van der Waals surface area contributed by atoms with E-state index in [1.165, 1.54) is 18.5 Å². The Kier molecular flexibility index (Phi) is 4.65. The highest BCUT2D eigenvalue weighted by Gasteiger charge is 2.22. The molecule has 0 radical (unpaired) electrons. The zero-order chi connectivity index (χ0) is 13.1. The monoisotopic (exact) mass is 312 g/mol. The Hall–Kier alpha value is -0.580. The highest BCUT2D eigenvalue weighted by molar-refractivity contribution is 9.10. The van der Waals surface area contributed by atoms with Gasteiger partial charge in [0.05, 0.1) is 12.3 Å². The van der Waals surface area contributed by atoms with Gasteiger partial charge in [0.1, 0.15) is 0 Å².